The molecule has 8 heteroatoms. The lowest BCUT2D eigenvalue weighted by Crippen LogP contribution is -2.03. The van der Waals surface area contributed by atoms with Crippen molar-refractivity contribution in [2.45, 2.75) is 6.61 Å². The normalized spacial score (nSPS) is 10.5. The fourth-order valence-corrected chi connectivity index (χ4v) is 1.28. The van der Waals surface area contributed by atoms with Crippen LogP contribution in [0.25, 0.3) is 0 Å². The number of alkyl halides is 2. The molecule has 0 fully saturated rings. The van der Waals surface area contributed by atoms with E-state index in [4.69, 9.17) is 0 Å². The van der Waals surface area contributed by atoms with Crippen LogP contribution in [0.4, 0.5) is 18.9 Å². The van der Waals surface area contributed by atoms with E-state index in [9.17, 15) is 23.3 Å². The van der Waals surface area contributed by atoms with Gasteiger partial charge in [0.15, 0.2) is 0 Å². The molecule has 0 aliphatic carbocycles. The number of benzene rings is 1. The molecule has 0 spiro atoms. The molecule has 0 saturated carbocycles. The maximum atomic E-state index is 13.0. The molecule has 15 heavy (non-hydrogen) atoms. The fourth-order valence-electron chi connectivity index (χ4n) is 0.854. The second kappa shape index (κ2) is 4.47. The van der Waals surface area contributed by atoms with Gasteiger partial charge in [-0.1, -0.05) is 0 Å². The Bertz CT molecular complexity index is 399. The summed E-state index contributed by atoms with van der Waals surface area (Å²) < 4.78 is 40.2. The van der Waals surface area contributed by atoms with Crippen molar-refractivity contribution in [2.75, 3.05) is 0 Å². The largest absolute Gasteiger partial charge is 0.435 e. The average molecular weight is 286 g/mol. The van der Waals surface area contributed by atoms with E-state index in [1.807, 2.05) is 0 Å². The SMILES string of the molecule is O=[N+]([O-])c1cc(OC(F)F)cc(Br)c1F. The van der Waals surface area contributed by atoms with Gasteiger partial charge in [0.2, 0.25) is 5.82 Å². The van der Waals surface area contributed by atoms with Gasteiger partial charge in [0.25, 0.3) is 0 Å². The molecule has 0 unspecified atom stereocenters. The summed E-state index contributed by atoms with van der Waals surface area (Å²) >= 11 is 2.65. The van der Waals surface area contributed by atoms with Gasteiger partial charge in [-0.05, 0) is 22.0 Å². The molecule has 0 radical (unpaired) electrons. The average Bonchev–Trinajstić information content (AvgIpc) is 2.09. The summed E-state index contributed by atoms with van der Waals surface area (Å²) in [4.78, 5) is 9.28. The monoisotopic (exact) mass is 285 g/mol. The molecular formula is C7H3BrF3NO3. The highest BCUT2D eigenvalue weighted by Crippen LogP contribution is 2.31. The molecule has 82 valence electrons. The second-order valence-electron chi connectivity index (χ2n) is 2.37. The molecule has 0 aliphatic heterocycles. The Labute approximate surface area is 89.9 Å². The van der Waals surface area contributed by atoms with Crippen LogP contribution in [-0.2, 0) is 0 Å². The first-order valence-electron chi connectivity index (χ1n) is 3.50. The van der Waals surface area contributed by atoms with Crippen LogP contribution in [0.5, 0.6) is 5.75 Å². The number of ether oxygens (including phenoxy) is 1. The molecule has 0 heterocycles. The minimum atomic E-state index is -3.12. The summed E-state index contributed by atoms with van der Waals surface area (Å²) in [5.41, 5.74) is -0.931. The van der Waals surface area contributed by atoms with Gasteiger partial charge in [0, 0.05) is 0 Å². The molecule has 4 nitrogen and oxygen atoms in total. The van der Waals surface area contributed by atoms with Gasteiger partial charge >= 0.3 is 12.3 Å². The zero-order valence-corrected chi connectivity index (χ0v) is 8.50. The molecule has 1 rings (SSSR count). The van der Waals surface area contributed by atoms with Crippen LogP contribution < -0.4 is 4.74 Å². The topological polar surface area (TPSA) is 52.4 Å². The van der Waals surface area contributed by atoms with Gasteiger partial charge in [0.1, 0.15) is 5.75 Å². The van der Waals surface area contributed by atoms with Gasteiger partial charge in [0.05, 0.1) is 15.5 Å². The van der Waals surface area contributed by atoms with Crippen molar-refractivity contribution in [2.24, 2.45) is 0 Å². The van der Waals surface area contributed by atoms with Gasteiger partial charge < -0.3 is 4.74 Å². The first kappa shape index (κ1) is 11.8. The van der Waals surface area contributed by atoms with E-state index in [0.717, 1.165) is 6.07 Å². The van der Waals surface area contributed by atoms with Crippen molar-refractivity contribution in [1.29, 1.82) is 0 Å². The van der Waals surface area contributed by atoms with Crippen molar-refractivity contribution < 1.29 is 22.8 Å². The van der Waals surface area contributed by atoms with Crippen molar-refractivity contribution in [3.8, 4) is 5.75 Å². The van der Waals surface area contributed by atoms with E-state index in [0.29, 0.717) is 6.07 Å². The number of rotatable bonds is 3. The molecule has 1 aromatic carbocycles. The molecule has 0 bridgehead atoms. The smallest absolute Gasteiger partial charge is 0.387 e. The lowest BCUT2D eigenvalue weighted by molar-refractivity contribution is -0.387. The quantitative estimate of drug-likeness (QED) is 0.633. The standard InChI is InChI=1S/C7H3BrF3NO3/c8-4-1-3(15-7(10)11)2-5(6(4)9)12(13)14/h1-2,7H. The summed E-state index contributed by atoms with van der Waals surface area (Å²) in [7, 11) is 0. The number of halogens is 4. The van der Waals surface area contributed by atoms with Crippen molar-refractivity contribution in [1.82, 2.24) is 0 Å². The zero-order valence-electron chi connectivity index (χ0n) is 6.92. The minimum Gasteiger partial charge on any atom is -0.435 e. The van der Waals surface area contributed by atoms with Crippen LogP contribution in [0.3, 0.4) is 0 Å². The van der Waals surface area contributed by atoms with Crippen LogP contribution >= 0.6 is 15.9 Å². The maximum absolute atomic E-state index is 13.0. The number of hydrogen-bond donors (Lipinski definition) is 0. The molecule has 0 amide bonds. The highest BCUT2D eigenvalue weighted by atomic mass is 79.9. The van der Waals surface area contributed by atoms with E-state index >= 15 is 0 Å². The Morgan fingerprint density at radius 3 is 2.53 bits per heavy atom. The Kier molecular flexibility index (Phi) is 3.51. The molecule has 1 aromatic rings. The van der Waals surface area contributed by atoms with Gasteiger partial charge in [-0.15, -0.1) is 0 Å². The third kappa shape index (κ3) is 2.82. The predicted molar refractivity (Wildman–Crippen MR) is 47.4 cm³/mol. The number of nitrogens with zero attached hydrogens (tertiary/aromatic N) is 1. The fraction of sp³-hybridized carbons (Fsp3) is 0.143. The Hall–Kier alpha value is -1.31. The molecule has 0 saturated heterocycles. The van der Waals surface area contributed by atoms with Crippen LogP contribution in [0.2, 0.25) is 0 Å². The van der Waals surface area contributed by atoms with Crippen LogP contribution in [0.1, 0.15) is 0 Å². The van der Waals surface area contributed by atoms with E-state index < -0.39 is 28.8 Å². The molecule has 0 aliphatic rings. The van der Waals surface area contributed by atoms with Crippen LogP contribution in [0.15, 0.2) is 16.6 Å². The third-order valence-corrected chi connectivity index (χ3v) is 1.98. The third-order valence-electron chi connectivity index (χ3n) is 1.40. The summed E-state index contributed by atoms with van der Waals surface area (Å²) in [6.45, 7) is -3.12. The summed E-state index contributed by atoms with van der Waals surface area (Å²) in [6.07, 6.45) is 0. The number of nitro benzene ring substituents is 1. The molecular weight excluding hydrogens is 283 g/mol. The Morgan fingerprint density at radius 2 is 2.07 bits per heavy atom. The Morgan fingerprint density at radius 1 is 1.47 bits per heavy atom. The van der Waals surface area contributed by atoms with E-state index in [1.165, 1.54) is 0 Å². The summed E-state index contributed by atoms with van der Waals surface area (Å²) in [5.74, 6) is -1.62. The highest BCUT2D eigenvalue weighted by molar-refractivity contribution is 9.10. The van der Waals surface area contributed by atoms with E-state index in [2.05, 4.69) is 20.7 Å². The van der Waals surface area contributed by atoms with Crippen molar-refractivity contribution in [3.63, 3.8) is 0 Å². The first-order chi connectivity index (χ1) is 6.91. The van der Waals surface area contributed by atoms with Crippen LogP contribution in [-0.4, -0.2) is 11.5 Å². The lowest BCUT2D eigenvalue weighted by atomic mass is 10.3. The molecule has 0 N–H and O–H groups in total. The molecule has 0 aromatic heterocycles. The minimum absolute atomic E-state index is 0.313. The zero-order chi connectivity index (χ0) is 11.6. The van der Waals surface area contributed by atoms with E-state index in [-0.39, 0.29) is 4.47 Å². The summed E-state index contributed by atoms with van der Waals surface area (Å²) in [6, 6.07) is 1.47. The highest BCUT2D eigenvalue weighted by Gasteiger charge is 2.20. The Balaban J connectivity index is 3.17. The van der Waals surface area contributed by atoms with Gasteiger partial charge in [-0.2, -0.15) is 13.2 Å². The predicted octanol–water partition coefficient (Wildman–Crippen LogP) is 3.10. The van der Waals surface area contributed by atoms with Crippen molar-refractivity contribution in [3.05, 3.63) is 32.5 Å². The lowest BCUT2D eigenvalue weighted by Gasteiger charge is -2.05. The second-order valence-corrected chi connectivity index (χ2v) is 3.23. The molecule has 0 atom stereocenters. The number of nitro groups is 1. The van der Waals surface area contributed by atoms with Crippen LogP contribution in [0, 0.1) is 15.9 Å². The van der Waals surface area contributed by atoms with Gasteiger partial charge in [-0.3, -0.25) is 10.1 Å². The maximum Gasteiger partial charge on any atom is 0.387 e. The van der Waals surface area contributed by atoms with Gasteiger partial charge in [-0.25, -0.2) is 0 Å². The number of hydrogen-bond acceptors (Lipinski definition) is 3. The first-order valence-corrected chi connectivity index (χ1v) is 4.29. The van der Waals surface area contributed by atoms with E-state index in [1.54, 1.807) is 0 Å². The van der Waals surface area contributed by atoms with Crippen molar-refractivity contribution >= 4 is 21.6 Å². The summed E-state index contributed by atoms with van der Waals surface area (Å²) in [5, 5.41) is 10.3.